The Hall–Kier alpha value is -2.73. The van der Waals surface area contributed by atoms with Gasteiger partial charge in [-0.1, -0.05) is 6.07 Å². The van der Waals surface area contributed by atoms with Crippen LogP contribution >= 0.6 is 11.3 Å². The monoisotopic (exact) mass is 308 g/mol. The van der Waals surface area contributed by atoms with Crippen LogP contribution in [0.25, 0.3) is 27.5 Å². The number of H-pyrrole nitrogens is 1. The van der Waals surface area contributed by atoms with Crippen LogP contribution in [0, 0.1) is 6.92 Å². The van der Waals surface area contributed by atoms with Crippen molar-refractivity contribution in [2.75, 3.05) is 0 Å². The summed E-state index contributed by atoms with van der Waals surface area (Å²) in [7, 11) is 0. The zero-order valence-electron chi connectivity index (χ0n) is 11.8. The first kappa shape index (κ1) is 13.0. The normalized spacial score (nSPS) is 11.1. The summed E-state index contributed by atoms with van der Waals surface area (Å²) < 4.78 is 1.49. The largest absolute Gasteiger partial charge is 0.288 e. The number of aromatic nitrogens is 4. The lowest BCUT2D eigenvalue weighted by molar-refractivity contribution is 0.905. The summed E-state index contributed by atoms with van der Waals surface area (Å²) in [5.41, 5.74) is 3.89. The summed E-state index contributed by atoms with van der Waals surface area (Å²) in [5, 5.41) is 5.16. The Morgan fingerprint density at radius 1 is 1.27 bits per heavy atom. The van der Waals surface area contributed by atoms with E-state index in [-0.39, 0.29) is 5.56 Å². The summed E-state index contributed by atoms with van der Waals surface area (Å²) in [5.74, 6) is 0. The van der Waals surface area contributed by atoms with E-state index < -0.39 is 0 Å². The second-order valence-electron chi connectivity index (χ2n) is 4.97. The van der Waals surface area contributed by atoms with Gasteiger partial charge < -0.3 is 0 Å². The lowest BCUT2D eigenvalue weighted by Crippen LogP contribution is -2.14. The van der Waals surface area contributed by atoms with Crippen LogP contribution in [0.5, 0.6) is 0 Å². The van der Waals surface area contributed by atoms with Gasteiger partial charge in [0.1, 0.15) is 0 Å². The molecule has 0 unspecified atom stereocenters. The van der Waals surface area contributed by atoms with Crippen LogP contribution < -0.4 is 5.56 Å². The van der Waals surface area contributed by atoms with E-state index in [1.54, 1.807) is 23.7 Å². The molecule has 22 heavy (non-hydrogen) atoms. The molecule has 1 N–H and O–H groups in total. The van der Waals surface area contributed by atoms with Crippen molar-refractivity contribution in [2.45, 2.75) is 6.92 Å². The molecular weight excluding hydrogens is 296 g/mol. The highest BCUT2D eigenvalue weighted by atomic mass is 32.1. The van der Waals surface area contributed by atoms with Crippen LogP contribution in [0.15, 0.2) is 52.9 Å². The van der Waals surface area contributed by atoms with Gasteiger partial charge in [0.2, 0.25) is 0 Å². The molecular formula is C16H12N4OS. The molecule has 0 aliphatic heterocycles. The molecule has 108 valence electrons. The topological polar surface area (TPSA) is 63.0 Å². The number of rotatable bonds is 2. The Morgan fingerprint density at radius 3 is 2.91 bits per heavy atom. The number of nitrogens with zero attached hydrogens (tertiary/aromatic N) is 3. The van der Waals surface area contributed by atoms with Gasteiger partial charge >= 0.3 is 0 Å². The molecule has 0 aromatic carbocycles. The van der Waals surface area contributed by atoms with E-state index in [1.807, 2.05) is 36.6 Å². The Morgan fingerprint density at radius 2 is 2.18 bits per heavy atom. The average molecular weight is 308 g/mol. The van der Waals surface area contributed by atoms with Gasteiger partial charge in [-0.3, -0.25) is 14.9 Å². The lowest BCUT2D eigenvalue weighted by atomic mass is 10.2. The zero-order valence-corrected chi connectivity index (χ0v) is 12.6. The van der Waals surface area contributed by atoms with Crippen LogP contribution in [0.2, 0.25) is 0 Å². The summed E-state index contributed by atoms with van der Waals surface area (Å²) in [6, 6.07) is 9.27. The quantitative estimate of drug-likeness (QED) is 0.619. The van der Waals surface area contributed by atoms with Gasteiger partial charge in [0.25, 0.3) is 5.56 Å². The van der Waals surface area contributed by atoms with Crippen LogP contribution in [0.1, 0.15) is 5.56 Å². The molecule has 0 aliphatic carbocycles. The molecule has 0 aliphatic rings. The van der Waals surface area contributed by atoms with Crippen LogP contribution in [0.3, 0.4) is 0 Å². The van der Waals surface area contributed by atoms with Crippen LogP contribution in [0.4, 0.5) is 0 Å². The molecule has 0 radical (unpaired) electrons. The number of nitrogens with one attached hydrogen (secondary N) is 1. The number of aryl methyl sites for hydroxylation is 1. The van der Waals surface area contributed by atoms with Crippen molar-refractivity contribution in [3.63, 3.8) is 0 Å². The van der Waals surface area contributed by atoms with Crippen molar-refractivity contribution in [3.8, 4) is 21.8 Å². The molecule has 0 saturated carbocycles. The van der Waals surface area contributed by atoms with E-state index in [1.165, 1.54) is 10.6 Å². The van der Waals surface area contributed by atoms with E-state index >= 15 is 0 Å². The fourth-order valence-corrected chi connectivity index (χ4v) is 3.25. The second-order valence-corrected chi connectivity index (χ2v) is 5.92. The van der Waals surface area contributed by atoms with Crippen molar-refractivity contribution in [1.29, 1.82) is 0 Å². The Kier molecular flexibility index (Phi) is 2.90. The van der Waals surface area contributed by atoms with Gasteiger partial charge in [0.15, 0.2) is 5.65 Å². The SMILES string of the molecule is Cc1c(-c2cccs2)[nH]n2c(=O)cc(-c3cccnc3)nc12. The maximum absolute atomic E-state index is 12.4. The minimum absolute atomic E-state index is 0.130. The Balaban J connectivity index is 1.99. The van der Waals surface area contributed by atoms with Crippen molar-refractivity contribution < 1.29 is 0 Å². The van der Waals surface area contributed by atoms with E-state index in [0.717, 1.165) is 21.7 Å². The first-order valence-corrected chi connectivity index (χ1v) is 7.68. The summed E-state index contributed by atoms with van der Waals surface area (Å²) >= 11 is 1.63. The summed E-state index contributed by atoms with van der Waals surface area (Å²) in [6.07, 6.45) is 3.41. The summed E-state index contributed by atoms with van der Waals surface area (Å²) in [6.45, 7) is 1.97. The Labute approximate surface area is 129 Å². The molecule has 4 rings (SSSR count). The van der Waals surface area contributed by atoms with E-state index in [9.17, 15) is 4.79 Å². The van der Waals surface area contributed by atoms with Crippen molar-refractivity contribution in [1.82, 2.24) is 19.6 Å². The van der Waals surface area contributed by atoms with Gasteiger partial charge in [0, 0.05) is 29.6 Å². The molecule has 0 atom stereocenters. The number of hydrogen-bond acceptors (Lipinski definition) is 4. The molecule has 4 heterocycles. The maximum Gasteiger partial charge on any atom is 0.273 e. The fourth-order valence-electron chi connectivity index (χ4n) is 2.47. The molecule has 0 spiro atoms. The van der Waals surface area contributed by atoms with Crippen LogP contribution in [-0.2, 0) is 0 Å². The van der Waals surface area contributed by atoms with Crippen molar-refractivity contribution in [3.05, 3.63) is 64.0 Å². The number of aromatic amines is 1. The predicted molar refractivity (Wildman–Crippen MR) is 87.1 cm³/mol. The molecule has 4 aromatic heterocycles. The standard InChI is InChI=1S/C16H12N4OS/c1-10-15(13-5-3-7-22-13)19-20-14(21)8-12(18-16(10)20)11-4-2-6-17-9-11/h2-9,19H,1H3. The lowest BCUT2D eigenvalue weighted by Gasteiger charge is -2.00. The van der Waals surface area contributed by atoms with E-state index in [0.29, 0.717) is 11.3 Å². The van der Waals surface area contributed by atoms with Gasteiger partial charge in [-0.05, 0) is 30.5 Å². The van der Waals surface area contributed by atoms with Gasteiger partial charge in [-0.25, -0.2) is 9.50 Å². The molecule has 0 fully saturated rings. The molecule has 4 aromatic rings. The molecule has 0 bridgehead atoms. The third kappa shape index (κ3) is 1.96. The average Bonchev–Trinajstić information content (AvgIpc) is 3.17. The second kappa shape index (κ2) is 4.92. The van der Waals surface area contributed by atoms with Gasteiger partial charge in [0.05, 0.1) is 16.3 Å². The first-order chi connectivity index (χ1) is 10.7. The molecule has 5 nitrogen and oxygen atoms in total. The summed E-state index contributed by atoms with van der Waals surface area (Å²) in [4.78, 5) is 22.2. The number of pyridine rings is 1. The highest BCUT2D eigenvalue weighted by Gasteiger charge is 2.14. The molecule has 0 saturated heterocycles. The molecule has 0 amide bonds. The highest BCUT2D eigenvalue weighted by Crippen LogP contribution is 2.28. The number of fused-ring (bicyclic) bond motifs is 1. The van der Waals surface area contributed by atoms with Crippen LogP contribution in [-0.4, -0.2) is 19.6 Å². The first-order valence-electron chi connectivity index (χ1n) is 6.81. The highest BCUT2D eigenvalue weighted by molar-refractivity contribution is 7.13. The van der Waals surface area contributed by atoms with Crippen molar-refractivity contribution >= 4 is 17.0 Å². The zero-order chi connectivity index (χ0) is 15.1. The minimum Gasteiger partial charge on any atom is -0.288 e. The number of thiophene rings is 1. The molecule has 6 heteroatoms. The minimum atomic E-state index is -0.130. The Bertz CT molecular complexity index is 1000. The maximum atomic E-state index is 12.4. The third-order valence-electron chi connectivity index (χ3n) is 3.58. The van der Waals surface area contributed by atoms with Gasteiger partial charge in [-0.2, -0.15) is 0 Å². The third-order valence-corrected chi connectivity index (χ3v) is 4.46. The van der Waals surface area contributed by atoms with Crippen molar-refractivity contribution in [2.24, 2.45) is 0 Å². The number of hydrogen-bond donors (Lipinski definition) is 1. The van der Waals surface area contributed by atoms with E-state index in [4.69, 9.17) is 0 Å². The fraction of sp³-hybridized carbons (Fsp3) is 0.0625. The smallest absolute Gasteiger partial charge is 0.273 e. The van der Waals surface area contributed by atoms with E-state index in [2.05, 4.69) is 15.1 Å². The van der Waals surface area contributed by atoms with Gasteiger partial charge in [-0.15, -0.1) is 11.3 Å². The predicted octanol–water partition coefficient (Wildman–Crippen LogP) is 3.12.